The number of nitrogens with zero attached hydrogens (tertiary/aromatic N) is 2. The van der Waals surface area contributed by atoms with Crippen molar-refractivity contribution in [3.63, 3.8) is 0 Å². The molecule has 1 saturated carbocycles. The molecule has 3 aliphatic carbocycles. The lowest BCUT2D eigenvalue weighted by Gasteiger charge is -2.50. The van der Waals surface area contributed by atoms with Crippen molar-refractivity contribution in [2.45, 2.75) is 24.5 Å². The molecule has 0 aromatic heterocycles. The standard InChI is InChI=1S/C25H30N4O8/c1-28(2)9-14(30)27-13-6-5-10-7-11-8-12-18(29(3)4)21(33)17(24(26)36)23(35)25(12,37)22(34)16(11)20(32)15(10)19(13)31/h5-6,11-12,18,31-32,35,37H,7-9H2,1-4H3,(H2,26,36)(H,27,30)/t11?,12?,18-,25?/m0/s1. The number of primary amides is 1. The van der Waals surface area contributed by atoms with Crippen LogP contribution in [0.4, 0.5) is 5.69 Å². The number of phenolic OH excluding ortho intramolecular Hbond substituents is 1. The smallest absolute Gasteiger partial charge is 0.255 e. The maximum absolute atomic E-state index is 13.8. The van der Waals surface area contributed by atoms with Gasteiger partial charge in [-0.25, -0.2) is 0 Å². The second-order valence-corrected chi connectivity index (χ2v) is 10.2. The molecule has 0 spiro atoms. The van der Waals surface area contributed by atoms with Crippen LogP contribution in [0.25, 0.3) is 5.76 Å². The summed E-state index contributed by atoms with van der Waals surface area (Å²) in [6, 6.07) is 1.96. The van der Waals surface area contributed by atoms with Crippen LogP contribution in [-0.4, -0.2) is 100.0 Å². The van der Waals surface area contributed by atoms with E-state index < -0.39 is 69.7 Å². The Bertz CT molecular complexity index is 1300. The molecule has 4 rings (SSSR count). The fourth-order valence-electron chi connectivity index (χ4n) is 5.80. The van der Waals surface area contributed by atoms with Gasteiger partial charge in [0, 0.05) is 11.5 Å². The zero-order chi connectivity index (χ0) is 27.6. The van der Waals surface area contributed by atoms with E-state index >= 15 is 0 Å². The number of phenols is 1. The van der Waals surface area contributed by atoms with Crippen molar-refractivity contribution in [3.05, 3.63) is 40.2 Å². The molecule has 2 amide bonds. The van der Waals surface area contributed by atoms with Crippen LogP contribution in [-0.2, 0) is 25.6 Å². The summed E-state index contributed by atoms with van der Waals surface area (Å²) in [5.74, 6) is -7.61. The van der Waals surface area contributed by atoms with Gasteiger partial charge in [-0.1, -0.05) is 6.07 Å². The quantitative estimate of drug-likeness (QED) is 0.220. The van der Waals surface area contributed by atoms with Crippen LogP contribution >= 0.6 is 0 Å². The molecule has 3 aliphatic rings. The lowest BCUT2D eigenvalue weighted by Crippen LogP contribution is -2.65. The molecular weight excluding hydrogens is 484 g/mol. The Morgan fingerprint density at radius 3 is 2.35 bits per heavy atom. The van der Waals surface area contributed by atoms with Gasteiger partial charge in [0.25, 0.3) is 5.91 Å². The van der Waals surface area contributed by atoms with Crippen LogP contribution in [0.3, 0.4) is 0 Å². The molecular formula is C25H30N4O8. The molecule has 0 heterocycles. The number of carbonyl (C=O) groups excluding carboxylic acids is 4. The van der Waals surface area contributed by atoms with Gasteiger partial charge in [0.05, 0.1) is 23.8 Å². The SMILES string of the molecule is CN(C)CC(=O)Nc1ccc2c(c1O)C(O)=C1C(=O)C3(O)C(O)=C(C(N)=O)C(=O)[C@@H](N(C)C)C3CC1C2. The largest absolute Gasteiger partial charge is 0.508 e. The number of nitrogens with one attached hydrogen (secondary N) is 1. The minimum Gasteiger partial charge on any atom is -0.508 e. The minimum absolute atomic E-state index is 0.00778. The fraction of sp³-hybridized carbons (Fsp3) is 0.440. The number of benzene rings is 1. The van der Waals surface area contributed by atoms with E-state index in [1.54, 1.807) is 25.1 Å². The summed E-state index contributed by atoms with van der Waals surface area (Å²) in [6.45, 7) is 0.0398. The third-order valence-corrected chi connectivity index (χ3v) is 7.33. The topological polar surface area (TPSA) is 194 Å². The summed E-state index contributed by atoms with van der Waals surface area (Å²) in [5, 5.41) is 47.1. The number of rotatable bonds is 5. The van der Waals surface area contributed by atoms with Gasteiger partial charge >= 0.3 is 0 Å². The molecule has 1 aromatic rings. The maximum Gasteiger partial charge on any atom is 0.255 e. The second kappa shape index (κ2) is 8.98. The number of carbonyl (C=O) groups is 4. The van der Waals surface area contributed by atoms with Crippen molar-refractivity contribution in [1.82, 2.24) is 9.80 Å². The van der Waals surface area contributed by atoms with Gasteiger partial charge in [0.15, 0.2) is 11.4 Å². The molecule has 7 N–H and O–H groups in total. The predicted octanol–water partition coefficient (Wildman–Crippen LogP) is -0.536. The number of nitrogens with two attached hydrogens (primary N) is 1. The maximum atomic E-state index is 13.8. The Balaban J connectivity index is 1.86. The lowest BCUT2D eigenvalue weighted by atomic mass is 9.57. The first-order valence-corrected chi connectivity index (χ1v) is 11.7. The number of fused-ring (bicyclic) bond motifs is 3. The van der Waals surface area contributed by atoms with E-state index in [1.165, 1.54) is 25.1 Å². The van der Waals surface area contributed by atoms with E-state index in [2.05, 4.69) is 5.32 Å². The van der Waals surface area contributed by atoms with Gasteiger partial charge in [-0.2, -0.15) is 0 Å². The highest BCUT2D eigenvalue weighted by molar-refractivity contribution is 6.24. The van der Waals surface area contributed by atoms with Crippen molar-refractivity contribution in [1.29, 1.82) is 0 Å². The van der Waals surface area contributed by atoms with Crippen LogP contribution in [0.1, 0.15) is 17.5 Å². The predicted molar refractivity (Wildman–Crippen MR) is 131 cm³/mol. The highest BCUT2D eigenvalue weighted by Crippen LogP contribution is 2.53. The number of aromatic hydroxyl groups is 1. The van der Waals surface area contributed by atoms with Crippen LogP contribution in [0.5, 0.6) is 5.75 Å². The average molecular weight is 515 g/mol. The Kier molecular flexibility index (Phi) is 6.39. The van der Waals surface area contributed by atoms with E-state index in [0.717, 1.165) is 0 Å². The summed E-state index contributed by atoms with van der Waals surface area (Å²) in [5.41, 5.74) is 1.93. The summed E-state index contributed by atoms with van der Waals surface area (Å²) in [4.78, 5) is 54.2. The highest BCUT2D eigenvalue weighted by Gasteiger charge is 2.64. The number of anilines is 1. The van der Waals surface area contributed by atoms with Crippen molar-refractivity contribution >= 4 is 34.8 Å². The zero-order valence-electron chi connectivity index (χ0n) is 20.9. The van der Waals surface area contributed by atoms with Crippen LogP contribution in [0.2, 0.25) is 0 Å². The number of hydrogen-bond donors (Lipinski definition) is 6. The zero-order valence-corrected chi connectivity index (χ0v) is 20.9. The van der Waals surface area contributed by atoms with Gasteiger partial charge in [0.2, 0.25) is 11.7 Å². The Labute approximate surface area is 212 Å². The Hall–Kier alpha value is -3.74. The van der Waals surface area contributed by atoms with Crippen molar-refractivity contribution in [2.24, 2.45) is 17.6 Å². The number of hydrogen-bond acceptors (Lipinski definition) is 10. The molecule has 12 nitrogen and oxygen atoms in total. The van der Waals surface area contributed by atoms with Crippen LogP contribution in [0.15, 0.2) is 29.0 Å². The number of ketones is 2. The Morgan fingerprint density at radius 2 is 1.78 bits per heavy atom. The molecule has 12 heteroatoms. The molecule has 3 unspecified atom stereocenters. The number of aliphatic hydroxyl groups excluding tert-OH is 2. The first-order valence-electron chi connectivity index (χ1n) is 11.7. The minimum atomic E-state index is -2.70. The Morgan fingerprint density at radius 1 is 1.14 bits per heavy atom. The van der Waals surface area contributed by atoms with Gasteiger partial charge in [-0.05, 0) is 58.6 Å². The van der Waals surface area contributed by atoms with Gasteiger partial charge in [-0.15, -0.1) is 0 Å². The van der Waals surface area contributed by atoms with Crippen molar-refractivity contribution in [2.75, 3.05) is 40.1 Å². The van der Waals surface area contributed by atoms with Gasteiger partial charge in [0.1, 0.15) is 22.8 Å². The molecule has 0 saturated heterocycles. The first-order chi connectivity index (χ1) is 17.2. The first kappa shape index (κ1) is 26.3. The molecule has 0 bridgehead atoms. The monoisotopic (exact) mass is 514 g/mol. The highest BCUT2D eigenvalue weighted by atomic mass is 16.3. The van der Waals surface area contributed by atoms with Crippen molar-refractivity contribution < 1.29 is 39.6 Å². The summed E-state index contributed by atoms with van der Waals surface area (Å²) in [7, 11) is 6.47. The van der Waals surface area contributed by atoms with E-state index in [1.807, 2.05) is 0 Å². The van der Waals surface area contributed by atoms with Crippen molar-refractivity contribution in [3.8, 4) is 5.75 Å². The summed E-state index contributed by atoms with van der Waals surface area (Å²) in [6.07, 6.45) is 0.182. The average Bonchev–Trinajstić information content (AvgIpc) is 2.77. The van der Waals surface area contributed by atoms with E-state index in [4.69, 9.17) is 5.73 Å². The van der Waals surface area contributed by atoms with Crippen LogP contribution in [0, 0.1) is 11.8 Å². The van der Waals surface area contributed by atoms with Gasteiger partial charge < -0.3 is 36.4 Å². The number of aliphatic hydroxyl groups is 3. The number of amides is 2. The molecule has 0 aliphatic heterocycles. The van der Waals surface area contributed by atoms with E-state index in [-0.39, 0.29) is 36.2 Å². The third-order valence-electron chi connectivity index (χ3n) is 7.33. The molecule has 1 fully saturated rings. The third kappa shape index (κ3) is 3.88. The lowest BCUT2D eigenvalue weighted by molar-refractivity contribution is -0.153. The normalized spacial score (nSPS) is 27.3. The summed E-state index contributed by atoms with van der Waals surface area (Å²) < 4.78 is 0. The fourth-order valence-corrected chi connectivity index (χ4v) is 5.80. The molecule has 37 heavy (non-hydrogen) atoms. The molecule has 1 aromatic carbocycles. The second-order valence-electron chi connectivity index (χ2n) is 10.2. The van der Waals surface area contributed by atoms with E-state index in [0.29, 0.717) is 5.56 Å². The summed E-state index contributed by atoms with van der Waals surface area (Å²) >= 11 is 0. The van der Waals surface area contributed by atoms with E-state index in [9.17, 15) is 39.6 Å². The number of likely N-dealkylation sites (N-methyl/N-ethyl adjacent to an activating group) is 2. The van der Waals surface area contributed by atoms with Crippen LogP contribution < -0.4 is 11.1 Å². The molecule has 0 radical (unpaired) electrons. The van der Waals surface area contributed by atoms with Gasteiger partial charge in [-0.3, -0.25) is 24.1 Å². The molecule has 198 valence electrons. The molecule has 4 atom stereocenters. The number of Topliss-reactive ketones (excluding diaryl/α,β-unsaturated/α-hetero) is 2.